The van der Waals surface area contributed by atoms with Gasteiger partial charge in [0, 0.05) is 6.42 Å². The van der Waals surface area contributed by atoms with Crippen molar-refractivity contribution in [3.63, 3.8) is 0 Å². The summed E-state index contributed by atoms with van der Waals surface area (Å²) in [5.41, 5.74) is 0. The van der Waals surface area contributed by atoms with Crippen molar-refractivity contribution in [2.75, 3.05) is 26.4 Å². The number of carbonyl (C=O) groups is 1. The van der Waals surface area contributed by atoms with Gasteiger partial charge in [0.1, 0.15) is 73.2 Å². The predicted molar refractivity (Wildman–Crippen MR) is 369 cm³/mol. The number of unbranched alkanes of at least 4 members (excludes halogenated alkanes) is 38. The monoisotopic (exact) mass is 1340 g/mol. The standard InChI is InChI=1S/C75H139NO18/c1-3-5-7-9-11-13-14-15-16-17-18-19-20-21-22-23-24-25-26-27-28-29-30-31-32-33-34-35-36-37-38-39-40-41-42-43-44-45-47-49-51-53-63(81)76-58(59(80)52-50-48-46-12-10-8-6-4-2)57-89-73-69(87)66(84)71(61(55-78)91-73)94-75-70(88)67(85)72(62(56-79)92-75)93-74-68(86)65(83)64(82)60(54-77)90-74/h14-15,17-18,20-21,58-62,64-75,77-80,82-88H,3-13,16,19,22-57H2,1-2H3,(H,76,81)/b15-14-,18-17-,21-20-. The van der Waals surface area contributed by atoms with Gasteiger partial charge in [-0.3, -0.25) is 4.79 Å². The van der Waals surface area contributed by atoms with Crippen LogP contribution in [0.2, 0.25) is 0 Å². The maximum Gasteiger partial charge on any atom is 0.220 e. The lowest BCUT2D eigenvalue weighted by molar-refractivity contribution is -0.379. The minimum atomic E-state index is -1.97. The number of hydrogen-bond donors (Lipinski definition) is 12. The Morgan fingerprint density at radius 3 is 1.10 bits per heavy atom. The summed E-state index contributed by atoms with van der Waals surface area (Å²) in [6, 6.07) is -0.882. The first-order chi connectivity index (χ1) is 45.8. The lowest BCUT2D eigenvalue weighted by atomic mass is 9.96. The van der Waals surface area contributed by atoms with Gasteiger partial charge in [-0.15, -0.1) is 0 Å². The fraction of sp³-hybridized carbons (Fsp3) is 0.907. The Morgan fingerprint density at radius 2 is 0.702 bits per heavy atom. The van der Waals surface area contributed by atoms with E-state index in [9.17, 15) is 61.0 Å². The van der Waals surface area contributed by atoms with Gasteiger partial charge in [0.05, 0.1) is 38.6 Å². The smallest absolute Gasteiger partial charge is 0.220 e. The highest BCUT2D eigenvalue weighted by molar-refractivity contribution is 5.76. The minimum Gasteiger partial charge on any atom is -0.394 e. The van der Waals surface area contributed by atoms with E-state index in [1.165, 1.54) is 212 Å². The van der Waals surface area contributed by atoms with Crippen LogP contribution in [-0.2, 0) is 33.2 Å². The molecule has 94 heavy (non-hydrogen) atoms. The molecule has 3 aliphatic rings. The SMILES string of the molecule is CCCCCCC/C=C\C/C=C\C/C=C\CCCCCCCCCCCCCCCCCCCCCCCCCCCCC(=O)NC(COC1OC(CO)C(OC2OC(CO)C(OC3OC(CO)C(O)C(O)C3O)C(O)C2O)C(O)C1O)C(O)CCCCCCCCCC. The van der Waals surface area contributed by atoms with E-state index < -0.39 is 124 Å². The molecular formula is C75H139NO18. The number of carbonyl (C=O) groups excluding carboxylic acids is 1. The summed E-state index contributed by atoms with van der Waals surface area (Å²) in [5, 5.41) is 120. The molecule has 17 atom stereocenters. The Morgan fingerprint density at radius 1 is 0.383 bits per heavy atom. The van der Waals surface area contributed by atoms with Crippen molar-refractivity contribution in [2.45, 2.75) is 407 Å². The van der Waals surface area contributed by atoms with Crippen LogP contribution in [0.25, 0.3) is 0 Å². The summed E-state index contributed by atoms with van der Waals surface area (Å²) in [4.78, 5) is 13.4. The lowest BCUT2D eigenvalue weighted by Crippen LogP contribution is -2.66. The molecule has 0 bridgehead atoms. The van der Waals surface area contributed by atoms with Crippen LogP contribution in [0.1, 0.15) is 303 Å². The van der Waals surface area contributed by atoms with Gasteiger partial charge in [0.15, 0.2) is 18.9 Å². The predicted octanol–water partition coefficient (Wildman–Crippen LogP) is 11.6. The Bertz CT molecular complexity index is 1840. The summed E-state index contributed by atoms with van der Waals surface area (Å²) >= 11 is 0. The molecule has 12 N–H and O–H groups in total. The van der Waals surface area contributed by atoms with E-state index in [2.05, 4.69) is 55.6 Å². The number of amides is 1. The van der Waals surface area contributed by atoms with Gasteiger partial charge in [0.2, 0.25) is 5.91 Å². The molecule has 3 saturated heterocycles. The molecule has 17 unspecified atom stereocenters. The molecule has 3 fully saturated rings. The average Bonchev–Trinajstić information content (AvgIpc) is 0.834. The number of allylic oxidation sites excluding steroid dienone is 6. The van der Waals surface area contributed by atoms with Gasteiger partial charge in [-0.2, -0.15) is 0 Å². The van der Waals surface area contributed by atoms with Crippen molar-refractivity contribution in [3.05, 3.63) is 36.5 Å². The van der Waals surface area contributed by atoms with Crippen LogP contribution in [0.4, 0.5) is 0 Å². The maximum atomic E-state index is 13.4. The molecule has 19 nitrogen and oxygen atoms in total. The third-order valence-corrected chi connectivity index (χ3v) is 19.2. The van der Waals surface area contributed by atoms with Gasteiger partial charge < -0.3 is 89.9 Å². The van der Waals surface area contributed by atoms with Crippen LogP contribution in [0, 0.1) is 0 Å². The Hall–Kier alpha value is -1.99. The Labute approximate surface area is 568 Å². The highest BCUT2D eigenvalue weighted by Crippen LogP contribution is 2.33. The quantitative estimate of drug-likeness (QED) is 0.0199. The molecule has 0 radical (unpaired) electrons. The van der Waals surface area contributed by atoms with E-state index in [1.807, 2.05) is 0 Å². The highest BCUT2D eigenvalue weighted by Gasteiger charge is 2.53. The number of aliphatic hydroxyl groups is 11. The molecule has 0 saturated carbocycles. The van der Waals surface area contributed by atoms with E-state index in [4.69, 9.17) is 28.4 Å². The summed E-state index contributed by atoms with van der Waals surface area (Å²) < 4.78 is 34.3. The van der Waals surface area contributed by atoms with Crippen LogP contribution in [0.5, 0.6) is 0 Å². The molecule has 19 heteroatoms. The maximum absolute atomic E-state index is 13.4. The molecular weight excluding hydrogens is 1200 g/mol. The van der Waals surface area contributed by atoms with Crippen molar-refractivity contribution in [1.29, 1.82) is 0 Å². The van der Waals surface area contributed by atoms with Crippen LogP contribution >= 0.6 is 0 Å². The van der Waals surface area contributed by atoms with E-state index in [1.54, 1.807) is 0 Å². The number of aliphatic hydroxyl groups excluding tert-OH is 11. The van der Waals surface area contributed by atoms with Gasteiger partial charge >= 0.3 is 0 Å². The topological polar surface area (TPSA) is 307 Å². The highest BCUT2D eigenvalue weighted by atomic mass is 16.8. The van der Waals surface area contributed by atoms with E-state index in [0.29, 0.717) is 12.8 Å². The van der Waals surface area contributed by atoms with Crippen molar-refractivity contribution in [1.82, 2.24) is 5.32 Å². The molecule has 0 aliphatic carbocycles. The summed E-state index contributed by atoms with van der Waals surface area (Å²) in [5.74, 6) is -0.241. The second-order valence-corrected chi connectivity index (χ2v) is 27.5. The number of nitrogens with one attached hydrogen (secondary N) is 1. The molecule has 0 aromatic rings. The molecule has 3 heterocycles. The second-order valence-electron chi connectivity index (χ2n) is 27.5. The van der Waals surface area contributed by atoms with Gasteiger partial charge in [0.25, 0.3) is 0 Å². The zero-order valence-corrected chi connectivity index (χ0v) is 58.7. The average molecular weight is 1340 g/mol. The molecule has 3 rings (SSSR count). The number of hydrogen-bond acceptors (Lipinski definition) is 18. The zero-order valence-electron chi connectivity index (χ0n) is 58.7. The van der Waals surface area contributed by atoms with Crippen molar-refractivity contribution < 1.29 is 89.4 Å². The third-order valence-electron chi connectivity index (χ3n) is 19.2. The number of rotatable bonds is 60. The van der Waals surface area contributed by atoms with Gasteiger partial charge in [-0.1, -0.05) is 281 Å². The fourth-order valence-corrected chi connectivity index (χ4v) is 13.0. The van der Waals surface area contributed by atoms with Gasteiger partial charge in [-0.05, 0) is 51.4 Å². The first kappa shape index (κ1) is 86.2. The largest absolute Gasteiger partial charge is 0.394 e. The summed E-state index contributed by atoms with van der Waals surface area (Å²) in [7, 11) is 0. The molecule has 0 spiro atoms. The van der Waals surface area contributed by atoms with Crippen LogP contribution in [0.3, 0.4) is 0 Å². The Kier molecular flexibility index (Phi) is 52.0. The van der Waals surface area contributed by atoms with Crippen LogP contribution in [0.15, 0.2) is 36.5 Å². The van der Waals surface area contributed by atoms with Crippen molar-refractivity contribution >= 4 is 5.91 Å². The molecule has 552 valence electrons. The first-order valence-corrected chi connectivity index (χ1v) is 38.2. The molecule has 1 amide bonds. The second kappa shape index (κ2) is 56.7. The first-order valence-electron chi connectivity index (χ1n) is 38.2. The molecule has 0 aromatic heterocycles. The molecule has 0 aromatic carbocycles. The van der Waals surface area contributed by atoms with Crippen molar-refractivity contribution in [3.8, 4) is 0 Å². The van der Waals surface area contributed by atoms with Crippen LogP contribution in [-0.4, -0.2) is 193 Å². The van der Waals surface area contributed by atoms with Crippen LogP contribution < -0.4 is 5.32 Å². The minimum absolute atomic E-state index is 0.241. The van der Waals surface area contributed by atoms with E-state index in [-0.39, 0.29) is 18.9 Å². The Balaban J connectivity index is 1.22. The summed E-state index contributed by atoms with van der Waals surface area (Å²) in [6.07, 6.45) is 41.7. The normalized spacial score (nSPS) is 27.5. The summed E-state index contributed by atoms with van der Waals surface area (Å²) in [6.45, 7) is 1.76. The number of ether oxygens (including phenoxy) is 6. The zero-order chi connectivity index (χ0) is 68.2. The molecule has 3 aliphatic heterocycles. The fourth-order valence-electron chi connectivity index (χ4n) is 13.0. The third kappa shape index (κ3) is 37.4. The van der Waals surface area contributed by atoms with Gasteiger partial charge in [-0.25, -0.2) is 0 Å². The van der Waals surface area contributed by atoms with E-state index >= 15 is 0 Å². The van der Waals surface area contributed by atoms with E-state index in [0.717, 1.165) is 57.8 Å². The lowest BCUT2D eigenvalue weighted by Gasteiger charge is -2.48. The van der Waals surface area contributed by atoms with Crippen molar-refractivity contribution in [2.24, 2.45) is 0 Å².